The van der Waals surface area contributed by atoms with Crippen LogP contribution in [0.3, 0.4) is 0 Å². The first-order valence-corrected chi connectivity index (χ1v) is 10.2. The van der Waals surface area contributed by atoms with E-state index in [1.165, 1.54) is 0 Å². The number of nitrogens with one attached hydrogen (secondary N) is 2. The maximum atomic E-state index is 12.7. The Morgan fingerprint density at radius 1 is 0.968 bits per heavy atom. The van der Waals surface area contributed by atoms with Crippen molar-refractivity contribution in [2.75, 3.05) is 33.9 Å². The fraction of sp³-hybridized carbons (Fsp3) is 0.391. The number of benzene rings is 2. The average Bonchev–Trinajstić information content (AvgIpc) is 2.79. The monoisotopic (exact) mass is 540 g/mol. The van der Waals surface area contributed by atoms with E-state index in [9.17, 15) is 4.79 Å². The second kappa shape index (κ2) is 14.5. The summed E-state index contributed by atoms with van der Waals surface area (Å²) in [5.41, 5.74) is 2.09. The molecule has 0 fully saturated rings. The average molecular weight is 540 g/mol. The second-order valence-corrected chi connectivity index (χ2v) is 6.63. The van der Waals surface area contributed by atoms with Crippen molar-refractivity contribution in [1.29, 1.82) is 0 Å². The molecule has 0 unspecified atom stereocenters. The summed E-state index contributed by atoms with van der Waals surface area (Å²) in [6.45, 7) is 6.55. The molecule has 2 aromatic carbocycles. The van der Waals surface area contributed by atoms with Crippen LogP contribution in [-0.4, -0.2) is 50.6 Å². The SMILES string of the molecule is CCNC(=NCc1ccc(OC)c(OC)c1)NCC(=O)N(CC)Cc1ccccc1.I. The highest BCUT2D eigenvalue weighted by atomic mass is 127. The maximum Gasteiger partial charge on any atom is 0.242 e. The van der Waals surface area contributed by atoms with Gasteiger partial charge in [-0.1, -0.05) is 36.4 Å². The largest absolute Gasteiger partial charge is 0.493 e. The van der Waals surface area contributed by atoms with E-state index in [0.29, 0.717) is 43.6 Å². The molecule has 0 saturated carbocycles. The molecule has 1 amide bonds. The van der Waals surface area contributed by atoms with Crippen molar-refractivity contribution >= 4 is 35.8 Å². The molecule has 0 aliphatic carbocycles. The first-order chi connectivity index (χ1) is 14.6. The van der Waals surface area contributed by atoms with Gasteiger partial charge in [0.15, 0.2) is 17.5 Å². The van der Waals surface area contributed by atoms with Crippen molar-refractivity contribution in [3.05, 3.63) is 59.7 Å². The number of rotatable bonds is 10. The molecular weight excluding hydrogens is 507 g/mol. The van der Waals surface area contributed by atoms with Gasteiger partial charge in [-0.15, -0.1) is 24.0 Å². The summed E-state index contributed by atoms with van der Waals surface area (Å²) in [6, 6.07) is 15.7. The molecule has 8 heteroatoms. The zero-order valence-electron chi connectivity index (χ0n) is 18.7. The van der Waals surface area contributed by atoms with E-state index < -0.39 is 0 Å². The Bertz CT molecular complexity index is 831. The number of amides is 1. The number of hydrogen-bond donors (Lipinski definition) is 2. The number of carbonyl (C=O) groups is 1. The van der Waals surface area contributed by atoms with Crippen LogP contribution >= 0.6 is 24.0 Å². The van der Waals surface area contributed by atoms with Gasteiger partial charge in [-0.2, -0.15) is 0 Å². The molecule has 31 heavy (non-hydrogen) atoms. The van der Waals surface area contributed by atoms with E-state index in [2.05, 4.69) is 15.6 Å². The summed E-state index contributed by atoms with van der Waals surface area (Å²) in [4.78, 5) is 19.1. The molecule has 0 heterocycles. The van der Waals surface area contributed by atoms with Crippen LogP contribution in [0, 0.1) is 0 Å². The van der Waals surface area contributed by atoms with Gasteiger partial charge in [-0.3, -0.25) is 4.79 Å². The summed E-state index contributed by atoms with van der Waals surface area (Å²) in [6.07, 6.45) is 0. The molecule has 170 valence electrons. The van der Waals surface area contributed by atoms with Gasteiger partial charge in [-0.25, -0.2) is 4.99 Å². The molecule has 0 bridgehead atoms. The summed E-state index contributed by atoms with van der Waals surface area (Å²) in [5.74, 6) is 1.96. The number of ether oxygens (including phenoxy) is 2. The Morgan fingerprint density at radius 3 is 2.29 bits per heavy atom. The van der Waals surface area contributed by atoms with Crippen LogP contribution < -0.4 is 20.1 Å². The first kappa shape index (κ1) is 26.5. The quantitative estimate of drug-likeness (QED) is 0.275. The Balaban J connectivity index is 0.00000480. The molecule has 2 aromatic rings. The van der Waals surface area contributed by atoms with Crippen LogP contribution in [-0.2, 0) is 17.9 Å². The van der Waals surface area contributed by atoms with Gasteiger partial charge in [0.1, 0.15) is 0 Å². The highest BCUT2D eigenvalue weighted by Gasteiger charge is 2.13. The minimum atomic E-state index is 0. The lowest BCUT2D eigenvalue weighted by Crippen LogP contribution is -2.44. The van der Waals surface area contributed by atoms with E-state index >= 15 is 0 Å². The Hall–Kier alpha value is -2.49. The number of guanidine groups is 1. The van der Waals surface area contributed by atoms with Crippen LogP contribution in [0.1, 0.15) is 25.0 Å². The lowest BCUT2D eigenvalue weighted by Gasteiger charge is -2.22. The van der Waals surface area contributed by atoms with Gasteiger partial charge >= 0.3 is 0 Å². The standard InChI is InChI=1S/C23H32N4O3.HI/c1-5-24-23(25-15-19-12-13-20(29-3)21(14-19)30-4)26-16-22(28)27(6-2)17-18-10-8-7-9-11-18;/h7-14H,5-6,15-17H2,1-4H3,(H2,24,25,26);1H. The molecular formula is C23H33IN4O3. The molecule has 0 radical (unpaired) electrons. The van der Waals surface area contributed by atoms with Gasteiger partial charge in [0.25, 0.3) is 0 Å². The fourth-order valence-corrected chi connectivity index (χ4v) is 2.94. The second-order valence-electron chi connectivity index (χ2n) is 6.63. The van der Waals surface area contributed by atoms with E-state index in [1.54, 1.807) is 14.2 Å². The number of likely N-dealkylation sites (N-methyl/N-ethyl adjacent to an activating group) is 1. The lowest BCUT2D eigenvalue weighted by atomic mass is 10.2. The van der Waals surface area contributed by atoms with Crippen molar-refractivity contribution in [2.24, 2.45) is 4.99 Å². The highest BCUT2D eigenvalue weighted by Crippen LogP contribution is 2.27. The minimum absolute atomic E-state index is 0. The van der Waals surface area contributed by atoms with E-state index in [0.717, 1.165) is 11.1 Å². The van der Waals surface area contributed by atoms with Crippen LogP contribution in [0.25, 0.3) is 0 Å². The molecule has 0 spiro atoms. The Morgan fingerprint density at radius 2 is 1.68 bits per heavy atom. The molecule has 0 aliphatic rings. The topological polar surface area (TPSA) is 75.2 Å². The van der Waals surface area contributed by atoms with Gasteiger partial charge in [0.2, 0.25) is 5.91 Å². The molecule has 2 N–H and O–H groups in total. The van der Waals surface area contributed by atoms with Crippen LogP contribution in [0.5, 0.6) is 11.5 Å². The van der Waals surface area contributed by atoms with Crippen molar-refractivity contribution in [1.82, 2.24) is 15.5 Å². The molecule has 2 rings (SSSR count). The Kier molecular flexibility index (Phi) is 12.4. The highest BCUT2D eigenvalue weighted by molar-refractivity contribution is 14.0. The van der Waals surface area contributed by atoms with E-state index in [-0.39, 0.29) is 36.4 Å². The number of hydrogen-bond acceptors (Lipinski definition) is 4. The van der Waals surface area contributed by atoms with Gasteiger partial charge in [-0.05, 0) is 37.1 Å². The lowest BCUT2D eigenvalue weighted by molar-refractivity contribution is -0.130. The predicted molar refractivity (Wildman–Crippen MR) is 135 cm³/mol. The first-order valence-electron chi connectivity index (χ1n) is 10.2. The van der Waals surface area contributed by atoms with Gasteiger partial charge < -0.3 is 25.0 Å². The third-order valence-corrected chi connectivity index (χ3v) is 4.57. The van der Waals surface area contributed by atoms with Crippen LogP contribution in [0.4, 0.5) is 0 Å². The van der Waals surface area contributed by atoms with Crippen molar-refractivity contribution < 1.29 is 14.3 Å². The third kappa shape index (κ3) is 8.64. The number of nitrogens with zero attached hydrogens (tertiary/aromatic N) is 2. The van der Waals surface area contributed by atoms with Crippen LogP contribution in [0.15, 0.2) is 53.5 Å². The van der Waals surface area contributed by atoms with Crippen molar-refractivity contribution in [3.63, 3.8) is 0 Å². The zero-order valence-corrected chi connectivity index (χ0v) is 21.0. The maximum absolute atomic E-state index is 12.7. The fourth-order valence-electron chi connectivity index (χ4n) is 2.94. The predicted octanol–water partition coefficient (Wildman–Crippen LogP) is 3.43. The molecule has 0 aromatic heterocycles. The summed E-state index contributed by atoms with van der Waals surface area (Å²) in [5, 5.41) is 6.31. The third-order valence-electron chi connectivity index (χ3n) is 4.57. The smallest absolute Gasteiger partial charge is 0.242 e. The van der Waals surface area contributed by atoms with Gasteiger partial charge in [0, 0.05) is 19.6 Å². The Labute approximate surface area is 202 Å². The molecule has 0 atom stereocenters. The zero-order chi connectivity index (χ0) is 21.8. The number of aliphatic imine (C=N–C) groups is 1. The van der Waals surface area contributed by atoms with Crippen molar-refractivity contribution in [3.8, 4) is 11.5 Å². The van der Waals surface area contributed by atoms with E-state index in [1.807, 2.05) is 67.3 Å². The van der Waals surface area contributed by atoms with E-state index in [4.69, 9.17) is 9.47 Å². The van der Waals surface area contributed by atoms with Crippen molar-refractivity contribution in [2.45, 2.75) is 26.9 Å². The number of methoxy groups -OCH3 is 2. The normalized spacial score (nSPS) is 10.6. The number of carbonyl (C=O) groups excluding carboxylic acids is 1. The minimum Gasteiger partial charge on any atom is -0.493 e. The number of halogens is 1. The molecule has 0 aliphatic heterocycles. The molecule has 7 nitrogen and oxygen atoms in total. The summed E-state index contributed by atoms with van der Waals surface area (Å²) in [7, 11) is 3.22. The van der Waals surface area contributed by atoms with Gasteiger partial charge in [0.05, 0.1) is 27.3 Å². The molecule has 0 saturated heterocycles. The summed E-state index contributed by atoms with van der Waals surface area (Å²) < 4.78 is 10.6. The van der Waals surface area contributed by atoms with Crippen LogP contribution in [0.2, 0.25) is 0 Å². The summed E-state index contributed by atoms with van der Waals surface area (Å²) >= 11 is 0.